The molecule has 5 aliphatic rings. The van der Waals surface area contributed by atoms with Crippen molar-refractivity contribution in [1.29, 1.82) is 0 Å². The fraction of sp³-hybridized carbons (Fsp3) is 0.357. The van der Waals surface area contributed by atoms with Crippen LogP contribution in [0.5, 0.6) is 0 Å². The number of rotatable bonds is 8. The Morgan fingerprint density at radius 2 is 1.02 bits per heavy atom. The molecular weight excluding hydrogens is 769 g/mol. The lowest BCUT2D eigenvalue weighted by Crippen LogP contribution is -2.68. The Balaban J connectivity index is 0.00000549. The van der Waals surface area contributed by atoms with Gasteiger partial charge in [0.25, 0.3) is 0 Å². The van der Waals surface area contributed by atoms with Crippen molar-refractivity contribution in [2.75, 3.05) is 13.1 Å². The van der Waals surface area contributed by atoms with Gasteiger partial charge in [-0.15, -0.1) is 0 Å². The third kappa shape index (κ3) is 6.31. The largest absolute Gasteiger partial charge is 0.743 e. The first kappa shape index (κ1) is 41.9. The number of quaternary nitrogens is 2. The molecule has 0 radical (unpaired) electrons. The van der Waals surface area contributed by atoms with Gasteiger partial charge in [0.15, 0.2) is 36.8 Å². The lowest BCUT2D eigenvalue weighted by molar-refractivity contribution is -0.111. The second-order valence-corrected chi connectivity index (χ2v) is 19.2. The van der Waals surface area contributed by atoms with Gasteiger partial charge in [-0.3, -0.25) is 14.4 Å². The molecule has 0 bridgehead atoms. The van der Waals surface area contributed by atoms with E-state index in [1.807, 2.05) is 27.7 Å². The van der Waals surface area contributed by atoms with E-state index >= 15 is 0 Å². The molecule has 4 atom stereocenters. The highest BCUT2D eigenvalue weighted by Crippen LogP contribution is 2.60. The van der Waals surface area contributed by atoms with Gasteiger partial charge in [0.1, 0.15) is 22.8 Å². The summed E-state index contributed by atoms with van der Waals surface area (Å²) in [6.45, 7) is 8.45. The van der Waals surface area contributed by atoms with Crippen LogP contribution >= 0.6 is 0 Å². The van der Waals surface area contributed by atoms with Crippen molar-refractivity contribution in [2.45, 2.75) is 82.4 Å². The van der Waals surface area contributed by atoms with Crippen molar-refractivity contribution in [3.05, 3.63) is 130 Å². The number of nitrogens with zero attached hydrogens (tertiary/aromatic N) is 2. The number of hydrogen-bond acceptors (Lipinski definition) is 9. The van der Waals surface area contributed by atoms with Crippen LogP contribution in [0.15, 0.2) is 108 Å². The van der Waals surface area contributed by atoms with Crippen LogP contribution in [-0.2, 0) is 35.9 Å². The Kier molecular flexibility index (Phi) is 10.2. The third-order valence-electron chi connectivity index (χ3n) is 12.6. The van der Waals surface area contributed by atoms with Gasteiger partial charge in [-0.05, 0) is 77.0 Å². The fourth-order valence-corrected chi connectivity index (χ4v) is 12.1. The number of ketones is 1. The number of fused-ring (bicyclic) bond motifs is 4. The van der Waals surface area contributed by atoms with Gasteiger partial charge in [0, 0.05) is 45.5 Å². The average molecular weight is 817 g/mol. The first-order valence-electron chi connectivity index (χ1n) is 18.4. The molecule has 1 saturated carbocycles. The third-order valence-corrected chi connectivity index (χ3v) is 15.1. The Hall–Kier alpha value is -4.77. The molecule has 4 aliphatic heterocycles. The molecule has 2 amide bonds. The summed E-state index contributed by atoms with van der Waals surface area (Å²) in [6, 6.07) is 9.80. The summed E-state index contributed by atoms with van der Waals surface area (Å²) in [5.41, 5.74) is 15.4. The molecule has 57 heavy (non-hydrogen) atoms. The van der Waals surface area contributed by atoms with E-state index in [0.717, 1.165) is 11.1 Å². The average Bonchev–Trinajstić information content (AvgIpc) is 3.60. The molecule has 2 spiro atoms. The first-order valence-corrected chi connectivity index (χ1v) is 21.3. The van der Waals surface area contributed by atoms with E-state index in [9.17, 15) is 40.3 Å². The highest BCUT2D eigenvalue weighted by atomic mass is 32.2. The van der Waals surface area contributed by atoms with E-state index in [1.165, 1.54) is 0 Å². The molecule has 7 rings (SSSR count). The molecule has 302 valence electrons. The standard InChI is InChI=1S/C41H44N4O9S2.CH4/c1-40(2)29-23-27(38(42)47)15-17-31(29)44(21-19-35(44)55(49,50)51)33(40)11-7-5-9-25-13-14-26(37(25)46)10-6-8-12-34-41(3,4)30-24-28(39(43)48)16-18-32(30)45(34)22-20-36(45)56(52,53)54;/h5-12,15-18,23-24,35-36H,13-14,19-22H2,1-4H3,(H4-2,42,43,47,48,49,50,51,52,53,54);1H4. The highest BCUT2D eigenvalue weighted by molar-refractivity contribution is 7.86. The Labute approximate surface area is 334 Å². The fourth-order valence-electron chi connectivity index (χ4n) is 9.77. The van der Waals surface area contributed by atoms with E-state index in [1.54, 1.807) is 85.0 Å². The van der Waals surface area contributed by atoms with E-state index in [0.29, 0.717) is 59.8 Å². The van der Waals surface area contributed by atoms with E-state index in [2.05, 4.69) is 0 Å². The van der Waals surface area contributed by atoms with Crippen molar-refractivity contribution >= 4 is 49.2 Å². The zero-order valence-electron chi connectivity index (χ0n) is 31.5. The van der Waals surface area contributed by atoms with E-state index < -0.39 is 53.6 Å². The Morgan fingerprint density at radius 1 is 0.667 bits per heavy atom. The van der Waals surface area contributed by atoms with Crippen LogP contribution in [0.4, 0.5) is 11.4 Å². The number of hydrogen-bond donors (Lipinski definition) is 2. The van der Waals surface area contributed by atoms with Gasteiger partial charge in [0.2, 0.25) is 11.8 Å². The minimum absolute atomic E-state index is 0. The van der Waals surface area contributed by atoms with Gasteiger partial charge in [-0.2, -0.15) is 0 Å². The molecule has 13 nitrogen and oxygen atoms in total. The smallest absolute Gasteiger partial charge is 0.248 e. The predicted molar refractivity (Wildman–Crippen MR) is 217 cm³/mol. The number of primary amides is 2. The summed E-state index contributed by atoms with van der Waals surface area (Å²) in [7, 11) is -9.35. The maximum Gasteiger partial charge on any atom is 0.248 e. The molecule has 0 aromatic heterocycles. The van der Waals surface area contributed by atoms with Gasteiger partial charge in [-0.1, -0.05) is 43.9 Å². The monoisotopic (exact) mass is 816 g/mol. The van der Waals surface area contributed by atoms with Crippen LogP contribution in [0, 0.1) is 0 Å². The molecule has 3 fully saturated rings. The number of carbonyl (C=O) groups is 3. The molecule has 2 saturated heterocycles. The quantitative estimate of drug-likeness (QED) is 0.206. The summed E-state index contributed by atoms with van der Waals surface area (Å²) in [5.74, 6) is -1.36. The van der Waals surface area contributed by atoms with Crippen LogP contribution in [0.2, 0.25) is 0 Å². The molecule has 2 aromatic rings. The second-order valence-electron chi connectivity index (χ2n) is 16.2. The number of allylic oxidation sites excluding steroid dienone is 12. The number of carbonyl (C=O) groups excluding carboxylic acids is 3. The number of Topliss-reactive ketones (excluding diaryl/α,β-unsaturated/α-hetero) is 1. The maximum absolute atomic E-state index is 13.4. The van der Waals surface area contributed by atoms with Crippen molar-refractivity contribution in [3.63, 3.8) is 0 Å². The van der Waals surface area contributed by atoms with Crippen LogP contribution in [0.25, 0.3) is 0 Å². The lowest BCUT2D eigenvalue weighted by atomic mass is 9.82. The second kappa shape index (κ2) is 14.0. The summed E-state index contributed by atoms with van der Waals surface area (Å²) < 4.78 is 74.4. The van der Waals surface area contributed by atoms with Crippen LogP contribution < -0.4 is 20.4 Å². The maximum atomic E-state index is 13.4. The van der Waals surface area contributed by atoms with Crippen LogP contribution in [0.3, 0.4) is 0 Å². The topological polar surface area (TPSA) is 218 Å². The Bertz CT molecular complexity index is 2370. The minimum atomic E-state index is -4.68. The normalized spacial score (nSPS) is 30.0. The number of benzene rings is 2. The first-order chi connectivity index (χ1) is 26.1. The van der Waals surface area contributed by atoms with Gasteiger partial charge >= 0.3 is 0 Å². The summed E-state index contributed by atoms with van der Waals surface area (Å²) in [4.78, 5) is 37.4. The van der Waals surface area contributed by atoms with Gasteiger partial charge in [-0.25, -0.2) is 25.8 Å². The Morgan fingerprint density at radius 3 is 1.32 bits per heavy atom. The zero-order valence-corrected chi connectivity index (χ0v) is 33.2. The van der Waals surface area contributed by atoms with E-state index in [4.69, 9.17) is 11.5 Å². The lowest BCUT2D eigenvalue weighted by Gasteiger charge is -2.51. The van der Waals surface area contributed by atoms with Gasteiger partial charge in [0.05, 0.1) is 36.8 Å². The van der Waals surface area contributed by atoms with Crippen molar-refractivity contribution in [3.8, 4) is 0 Å². The number of amides is 2. The van der Waals surface area contributed by atoms with Crippen molar-refractivity contribution in [1.82, 2.24) is 8.97 Å². The number of nitrogens with two attached hydrogens (primary N) is 2. The predicted octanol–water partition coefficient (Wildman–Crippen LogP) is 5.06. The van der Waals surface area contributed by atoms with Crippen LogP contribution in [0.1, 0.15) is 92.6 Å². The van der Waals surface area contributed by atoms with Crippen molar-refractivity contribution < 1.29 is 40.3 Å². The molecular formula is C42H48N4O9S2. The molecule has 4 N–H and O–H groups in total. The van der Waals surface area contributed by atoms with Gasteiger partial charge < -0.3 is 20.6 Å². The summed E-state index contributed by atoms with van der Waals surface area (Å²) in [5, 5.41) is -2.42. The highest BCUT2D eigenvalue weighted by Gasteiger charge is 2.65. The molecule has 4 unspecified atom stereocenters. The summed E-state index contributed by atoms with van der Waals surface area (Å²) in [6.07, 6.45) is 15.3. The minimum Gasteiger partial charge on any atom is -0.743 e. The molecule has 4 heterocycles. The molecule has 1 aliphatic carbocycles. The molecule has 2 aromatic carbocycles. The zero-order chi connectivity index (χ0) is 40.8. The van der Waals surface area contributed by atoms with Crippen LogP contribution in [-0.4, -0.2) is 67.4 Å². The van der Waals surface area contributed by atoms with Crippen molar-refractivity contribution in [2.24, 2.45) is 11.5 Å². The SMILES string of the molecule is C.CC1(C)C(=CC=CC=C2CCC(=CC=CC=C3C(C)(C)c4cc(C(N)=O)ccc4[N+]34CCC4S(=O)(=O)[O-])C2=O)[N+]2(CCC2S(=O)(=O)[O-])c2ccc(C(N)=O)cc21. The van der Waals surface area contributed by atoms with E-state index in [-0.39, 0.29) is 46.1 Å². The molecule has 15 heteroatoms. The summed E-state index contributed by atoms with van der Waals surface area (Å²) >= 11 is 0.